The van der Waals surface area contributed by atoms with E-state index < -0.39 is 0 Å². The molecular formula is C12H24N2O2. The first kappa shape index (κ1) is 13.5. The molecule has 3 N–H and O–H groups in total. The predicted molar refractivity (Wildman–Crippen MR) is 64.0 cm³/mol. The van der Waals surface area contributed by atoms with Gasteiger partial charge in [-0.1, -0.05) is 13.8 Å². The summed E-state index contributed by atoms with van der Waals surface area (Å²) in [5.41, 5.74) is 5.86. The Hall–Kier alpha value is -0.610. The number of rotatable bonds is 5. The number of carbonyl (C=O) groups excluding carboxylic acids is 1. The van der Waals surface area contributed by atoms with Crippen molar-refractivity contribution < 1.29 is 9.53 Å². The van der Waals surface area contributed by atoms with E-state index in [1.165, 1.54) is 0 Å². The largest absolute Gasteiger partial charge is 0.381 e. The van der Waals surface area contributed by atoms with Gasteiger partial charge in [0.15, 0.2) is 0 Å². The lowest BCUT2D eigenvalue weighted by Gasteiger charge is -2.17. The molecule has 0 radical (unpaired) electrons. The Morgan fingerprint density at radius 2 is 2.19 bits per heavy atom. The maximum Gasteiger partial charge on any atom is 0.221 e. The molecule has 0 aromatic carbocycles. The summed E-state index contributed by atoms with van der Waals surface area (Å²) in [7, 11) is 1.73. The van der Waals surface area contributed by atoms with Crippen LogP contribution in [0.4, 0.5) is 0 Å². The Morgan fingerprint density at radius 1 is 1.50 bits per heavy atom. The van der Waals surface area contributed by atoms with E-state index in [2.05, 4.69) is 5.32 Å². The van der Waals surface area contributed by atoms with Crippen LogP contribution in [0.2, 0.25) is 0 Å². The first-order valence-corrected chi connectivity index (χ1v) is 6.10. The van der Waals surface area contributed by atoms with Crippen molar-refractivity contribution in [3.63, 3.8) is 0 Å². The van der Waals surface area contributed by atoms with Crippen molar-refractivity contribution in [2.75, 3.05) is 7.11 Å². The smallest absolute Gasteiger partial charge is 0.221 e. The fourth-order valence-electron chi connectivity index (χ4n) is 2.02. The zero-order chi connectivity index (χ0) is 12.1. The third-order valence-electron chi connectivity index (χ3n) is 3.36. The first-order valence-electron chi connectivity index (χ1n) is 6.10. The lowest BCUT2D eigenvalue weighted by Crippen LogP contribution is -2.39. The van der Waals surface area contributed by atoms with Gasteiger partial charge in [-0.15, -0.1) is 0 Å². The Bertz CT molecular complexity index is 231. The molecule has 0 aliphatic heterocycles. The normalized spacial score (nSPS) is 27.1. The lowest BCUT2D eigenvalue weighted by molar-refractivity contribution is -0.122. The Balaban J connectivity index is 2.25. The maximum atomic E-state index is 11.7. The van der Waals surface area contributed by atoms with E-state index in [4.69, 9.17) is 10.5 Å². The molecule has 0 aromatic heterocycles. The predicted octanol–water partition coefficient (Wildman–Crippen LogP) is 1.04. The topological polar surface area (TPSA) is 64.3 Å². The molecule has 0 bridgehead atoms. The highest BCUT2D eigenvalue weighted by molar-refractivity contribution is 5.76. The van der Waals surface area contributed by atoms with Gasteiger partial charge in [0.25, 0.3) is 0 Å². The summed E-state index contributed by atoms with van der Waals surface area (Å²) < 4.78 is 5.27. The Morgan fingerprint density at radius 3 is 2.69 bits per heavy atom. The number of ether oxygens (including phenoxy) is 1. The summed E-state index contributed by atoms with van der Waals surface area (Å²) in [4.78, 5) is 11.7. The van der Waals surface area contributed by atoms with Crippen LogP contribution in [0.1, 0.15) is 39.5 Å². The molecule has 4 heteroatoms. The van der Waals surface area contributed by atoms with Crippen LogP contribution in [0.15, 0.2) is 0 Å². The molecule has 94 valence electrons. The number of amides is 1. The Kier molecular flexibility index (Phi) is 5.22. The molecule has 1 aliphatic carbocycles. The van der Waals surface area contributed by atoms with Crippen molar-refractivity contribution >= 4 is 5.91 Å². The van der Waals surface area contributed by atoms with Crippen LogP contribution in [0, 0.1) is 5.92 Å². The number of carbonyl (C=O) groups is 1. The first-order chi connectivity index (χ1) is 7.52. The van der Waals surface area contributed by atoms with Crippen molar-refractivity contribution in [1.29, 1.82) is 0 Å². The van der Waals surface area contributed by atoms with Gasteiger partial charge in [0, 0.05) is 25.6 Å². The van der Waals surface area contributed by atoms with Gasteiger partial charge in [-0.3, -0.25) is 4.79 Å². The van der Waals surface area contributed by atoms with Gasteiger partial charge in [0.05, 0.1) is 6.10 Å². The third kappa shape index (κ3) is 4.10. The fraction of sp³-hybridized carbons (Fsp3) is 0.917. The molecule has 16 heavy (non-hydrogen) atoms. The highest BCUT2D eigenvalue weighted by Gasteiger charge is 2.26. The quantitative estimate of drug-likeness (QED) is 0.739. The number of hydrogen-bond acceptors (Lipinski definition) is 3. The van der Waals surface area contributed by atoms with Gasteiger partial charge in [0.2, 0.25) is 5.91 Å². The molecule has 1 saturated carbocycles. The third-order valence-corrected chi connectivity index (χ3v) is 3.36. The average Bonchev–Trinajstić information content (AvgIpc) is 2.65. The molecule has 3 atom stereocenters. The van der Waals surface area contributed by atoms with E-state index in [0.717, 1.165) is 19.3 Å². The molecule has 0 heterocycles. The van der Waals surface area contributed by atoms with E-state index in [9.17, 15) is 4.79 Å². The van der Waals surface area contributed by atoms with Gasteiger partial charge in [-0.25, -0.2) is 0 Å². The molecule has 0 saturated heterocycles. The van der Waals surface area contributed by atoms with Gasteiger partial charge >= 0.3 is 0 Å². The molecule has 4 nitrogen and oxygen atoms in total. The molecule has 1 aliphatic rings. The van der Waals surface area contributed by atoms with Crippen molar-refractivity contribution in [1.82, 2.24) is 5.32 Å². The minimum atomic E-state index is -0.0420. The summed E-state index contributed by atoms with van der Waals surface area (Å²) in [5, 5.41) is 3.03. The molecule has 1 fully saturated rings. The van der Waals surface area contributed by atoms with Crippen molar-refractivity contribution in [3.8, 4) is 0 Å². The summed E-state index contributed by atoms with van der Waals surface area (Å²) in [5.74, 6) is 0.420. The zero-order valence-corrected chi connectivity index (χ0v) is 10.5. The lowest BCUT2D eigenvalue weighted by atomic mass is 10.0. The number of hydrogen-bond donors (Lipinski definition) is 2. The van der Waals surface area contributed by atoms with Gasteiger partial charge < -0.3 is 15.8 Å². The summed E-state index contributed by atoms with van der Waals surface area (Å²) in [6, 6.07) is 0.233. The van der Waals surface area contributed by atoms with E-state index in [0.29, 0.717) is 18.4 Å². The minimum Gasteiger partial charge on any atom is -0.381 e. The fourth-order valence-corrected chi connectivity index (χ4v) is 2.02. The minimum absolute atomic E-state index is 0.0420. The second-order valence-electron chi connectivity index (χ2n) is 5.05. The van der Waals surface area contributed by atoms with E-state index in [1.54, 1.807) is 7.11 Å². The van der Waals surface area contributed by atoms with Crippen LogP contribution in [0.25, 0.3) is 0 Å². The van der Waals surface area contributed by atoms with E-state index >= 15 is 0 Å². The van der Waals surface area contributed by atoms with Crippen molar-refractivity contribution in [2.45, 2.75) is 57.7 Å². The van der Waals surface area contributed by atoms with Crippen LogP contribution >= 0.6 is 0 Å². The molecule has 3 unspecified atom stereocenters. The monoisotopic (exact) mass is 228 g/mol. The maximum absolute atomic E-state index is 11.7. The second-order valence-corrected chi connectivity index (χ2v) is 5.05. The summed E-state index contributed by atoms with van der Waals surface area (Å²) in [6.07, 6.45) is 3.72. The van der Waals surface area contributed by atoms with Crippen molar-refractivity contribution in [3.05, 3.63) is 0 Å². The molecule has 0 aromatic rings. The zero-order valence-electron chi connectivity index (χ0n) is 10.5. The van der Waals surface area contributed by atoms with Crippen molar-refractivity contribution in [2.24, 2.45) is 11.7 Å². The van der Waals surface area contributed by atoms with Crippen LogP contribution in [-0.2, 0) is 9.53 Å². The van der Waals surface area contributed by atoms with Gasteiger partial charge in [-0.05, 0) is 25.2 Å². The molecule has 0 spiro atoms. The number of nitrogens with one attached hydrogen (secondary N) is 1. The van der Waals surface area contributed by atoms with Crippen LogP contribution in [0.5, 0.6) is 0 Å². The summed E-state index contributed by atoms with van der Waals surface area (Å²) >= 11 is 0. The van der Waals surface area contributed by atoms with Crippen LogP contribution in [-0.4, -0.2) is 31.2 Å². The number of nitrogens with two attached hydrogens (primary N) is 1. The number of methoxy groups -OCH3 is 1. The van der Waals surface area contributed by atoms with E-state index in [-0.39, 0.29) is 18.0 Å². The molecule has 1 amide bonds. The highest BCUT2D eigenvalue weighted by atomic mass is 16.5. The Labute approximate surface area is 97.9 Å². The van der Waals surface area contributed by atoms with Gasteiger partial charge in [-0.2, -0.15) is 0 Å². The van der Waals surface area contributed by atoms with Gasteiger partial charge in [0.1, 0.15) is 0 Å². The van der Waals surface area contributed by atoms with Crippen LogP contribution < -0.4 is 11.1 Å². The highest BCUT2D eigenvalue weighted by Crippen LogP contribution is 2.21. The standard InChI is InChI=1S/C12H24N2O2/c1-8(2)11(13)7-12(15)14-9-4-5-10(6-9)16-3/h8-11H,4-7,13H2,1-3H3,(H,14,15). The van der Waals surface area contributed by atoms with E-state index in [1.807, 2.05) is 13.8 Å². The van der Waals surface area contributed by atoms with Crippen LogP contribution in [0.3, 0.4) is 0 Å². The average molecular weight is 228 g/mol. The summed E-state index contributed by atoms with van der Waals surface area (Å²) in [6.45, 7) is 4.07. The molecule has 1 rings (SSSR count). The molecular weight excluding hydrogens is 204 g/mol. The SMILES string of the molecule is COC1CCC(NC(=O)CC(N)C(C)C)C1. The second kappa shape index (κ2) is 6.21.